The summed E-state index contributed by atoms with van der Waals surface area (Å²) in [5, 5.41) is 9.06. The van der Waals surface area contributed by atoms with Crippen molar-refractivity contribution in [3.63, 3.8) is 0 Å². The van der Waals surface area contributed by atoms with Crippen LogP contribution < -0.4 is 4.74 Å². The molecule has 1 aromatic rings. The van der Waals surface area contributed by atoms with Crippen molar-refractivity contribution in [3.05, 3.63) is 18.1 Å². The number of aromatic nitrogens is 2. The lowest BCUT2D eigenvalue weighted by Gasteiger charge is -2.03. The van der Waals surface area contributed by atoms with Crippen LogP contribution >= 0.6 is 0 Å². The van der Waals surface area contributed by atoms with Crippen molar-refractivity contribution in [1.82, 2.24) is 9.97 Å². The van der Waals surface area contributed by atoms with E-state index in [0.29, 0.717) is 12.3 Å². The topological polar surface area (TPSA) is 55.2 Å². The predicted molar refractivity (Wildman–Crippen MR) is 44.0 cm³/mol. The molecule has 1 heterocycles. The number of aliphatic hydroxyl groups excluding tert-OH is 1. The molecule has 0 aromatic carbocycles. The molecule has 4 heteroatoms. The maximum Gasteiger partial charge on any atom is 0.232 e. The van der Waals surface area contributed by atoms with Crippen LogP contribution in [-0.4, -0.2) is 28.3 Å². The van der Waals surface area contributed by atoms with E-state index in [1.165, 1.54) is 13.3 Å². The Labute approximate surface area is 71.2 Å². The minimum atomic E-state index is -0.397. The predicted octanol–water partition coefficient (Wildman–Crippen LogP) is 0.408. The van der Waals surface area contributed by atoms with Crippen LogP contribution in [0.3, 0.4) is 0 Å². The molecule has 0 bridgehead atoms. The van der Waals surface area contributed by atoms with Crippen molar-refractivity contribution < 1.29 is 9.84 Å². The Hall–Kier alpha value is -1.16. The highest BCUT2D eigenvalue weighted by atomic mass is 16.5. The zero-order chi connectivity index (χ0) is 8.97. The molecule has 0 aliphatic carbocycles. The molecule has 0 fully saturated rings. The van der Waals surface area contributed by atoms with E-state index in [4.69, 9.17) is 9.84 Å². The molecule has 4 nitrogen and oxygen atoms in total. The number of ether oxygens (including phenoxy) is 1. The van der Waals surface area contributed by atoms with Crippen molar-refractivity contribution in [1.29, 1.82) is 0 Å². The quantitative estimate of drug-likeness (QED) is 0.710. The number of hydrogen-bond acceptors (Lipinski definition) is 4. The zero-order valence-electron chi connectivity index (χ0n) is 7.19. The largest absolute Gasteiger partial charge is 0.480 e. The normalized spacial score (nSPS) is 12.6. The molecule has 66 valence electrons. The van der Waals surface area contributed by atoms with Crippen LogP contribution in [0.1, 0.15) is 12.6 Å². The number of nitrogens with zero attached hydrogens (tertiary/aromatic N) is 2. The fraction of sp³-hybridized carbons (Fsp3) is 0.500. The third-order valence-corrected chi connectivity index (χ3v) is 1.38. The Balaban J connectivity index is 2.72. The van der Waals surface area contributed by atoms with Gasteiger partial charge in [-0.05, 0) is 6.92 Å². The minimum Gasteiger partial charge on any atom is -0.480 e. The van der Waals surface area contributed by atoms with Gasteiger partial charge in [-0.25, -0.2) is 4.98 Å². The first kappa shape index (κ1) is 8.93. The summed E-state index contributed by atoms with van der Waals surface area (Å²) >= 11 is 0. The van der Waals surface area contributed by atoms with Gasteiger partial charge in [0.2, 0.25) is 5.88 Å². The number of aliphatic hydroxyl groups is 1. The van der Waals surface area contributed by atoms with Crippen LogP contribution in [-0.2, 0) is 6.42 Å². The number of hydrogen-bond donors (Lipinski definition) is 1. The van der Waals surface area contributed by atoms with E-state index in [-0.39, 0.29) is 0 Å². The van der Waals surface area contributed by atoms with Crippen molar-refractivity contribution in [2.45, 2.75) is 19.4 Å². The van der Waals surface area contributed by atoms with Gasteiger partial charge in [0.25, 0.3) is 0 Å². The molecule has 0 spiro atoms. The maximum atomic E-state index is 9.06. The third-order valence-electron chi connectivity index (χ3n) is 1.38. The van der Waals surface area contributed by atoms with Crippen LogP contribution in [0.15, 0.2) is 12.4 Å². The van der Waals surface area contributed by atoms with E-state index >= 15 is 0 Å². The monoisotopic (exact) mass is 168 g/mol. The molecule has 0 saturated carbocycles. The second-order valence-corrected chi connectivity index (χ2v) is 2.61. The molecule has 0 radical (unpaired) electrons. The molecule has 0 aliphatic rings. The van der Waals surface area contributed by atoms with Crippen molar-refractivity contribution >= 4 is 0 Å². The van der Waals surface area contributed by atoms with Crippen LogP contribution in [0.5, 0.6) is 5.88 Å². The van der Waals surface area contributed by atoms with E-state index < -0.39 is 6.10 Å². The highest BCUT2D eigenvalue weighted by Crippen LogP contribution is 2.05. The van der Waals surface area contributed by atoms with Gasteiger partial charge in [-0.2, -0.15) is 0 Å². The molecule has 1 unspecified atom stereocenters. The van der Waals surface area contributed by atoms with Crippen LogP contribution in [0.2, 0.25) is 0 Å². The summed E-state index contributed by atoms with van der Waals surface area (Å²) in [7, 11) is 1.54. The summed E-state index contributed by atoms with van der Waals surface area (Å²) in [5.41, 5.74) is 0.740. The third kappa shape index (κ3) is 2.47. The first-order valence-electron chi connectivity index (χ1n) is 3.75. The molecule has 0 aliphatic heterocycles. The fourth-order valence-corrected chi connectivity index (χ4v) is 0.886. The van der Waals surface area contributed by atoms with Gasteiger partial charge in [0.15, 0.2) is 0 Å². The van der Waals surface area contributed by atoms with Gasteiger partial charge in [0, 0.05) is 12.6 Å². The van der Waals surface area contributed by atoms with E-state index in [2.05, 4.69) is 9.97 Å². The first-order valence-corrected chi connectivity index (χ1v) is 3.75. The SMILES string of the molecule is COc1cncc(CC(C)O)n1. The summed E-state index contributed by atoms with van der Waals surface area (Å²) < 4.78 is 4.88. The molecule has 0 saturated heterocycles. The molecule has 1 atom stereocenters. The van der Waals surface area contributed by atoms with Gasteiger partial charge in [-0.3, -0.25) is 4.98 Å². The fourth-order valence-electron chi connectivity index (χ4n) is 0.886. The molecule has 0 amide bonds. The highest BCUT2D eigenvalue weighted by molar-refractivity contribution is 5.08. The molecule has 1 N–H and O–H groups in total. The highest BCUT2D eigenvalue weighted by Gasteiger charge is 2.01. The van der Waals surface area contributed by atoms with Gasteiger partial charge < -0.3 is 9.84 Å². The average Bonchev–Trinajstić information content (AvgIpc) is 2.03. The second-order valence-electron chi connectivity index (χ2n) is 2.61. The molecule has 1 rings (SSSR count). The van der Waals surface area contributed by atoms with E-state index in [0.717, 1.165) is 5.69 Å². The lowest BCUT2D eigenvalue weighted by molar-refractivity contribution is 0.194. The average molecular weight is 168 g/mol. The number of methoxy groups -OCH3 is 1. The number of rotatable bonds is 3. The molecular formula is C8H12N2O2. The van der Waals surface area contributed by atoms with Crippen LogP contribution in [0, 0.1) is 0 Å². The Morgan fingerprint density at radius 3 is 2.92 bits per heavy atom. The summed E-state index contributed by atoms with van der Waals surface area (Å²) in [6.07, 6.45) is 3.26. The Morgan fingerprint density at radius 2 is 2.33 bits per heavy atom. The van der Waals surface area contributed by atoms with Crippen LogP contribution in [0.25, 0.3) is 0 Å². The van der Waals surface area contributed by atoms with Crippen LogP contribution in [0.4, 0.5) is 0 Å². The molecule has 12 heavy (non-hydrogen) atoms. The summed E-state index contributed by atoms with van der Waals surface area (Å²) in [6, 6.07) is 0. The second kappa shape index (κ2) is 4.01. The summed E-state index contributed by atoms with van der Waals surface area (Å²) in [4.78, 5) is 8.00. The van der Waals surface area contributed by atoms with Crippen molar-refractivity contribution in [3.8, 4) is 5.88 Å². The summed E-state index contributed by atoms with van der Waals surface area (Å²) in [5.74, 6) is 0.480. The first-order chi connectivity index (χ1) is 5.72. The zero-order valence-corrected chi connectivity index (χ0v) is 7.19. The lowest BCUT2D eigenvalue weighted by Crippen LogP contribution is -2.06. The minimum absolute atomic E-state index is 0.397. The Bertz CT molecular complexity index is 251. The van der Waals surface area contributed by atoms with Gasteiger partial charge in [0.05, 0.1) is 25.1 Å². The smallest absolute Gasteiger partial charge is 0.232 e. The molecule has 1 aromatic heterocycles. The molecular weight excluding hydrogens is 156 g/mol. The van der Waals surface area contributed by atoms with Crippen molar-refractivity contribution in [2.24, 2.45) is 0 Å². The lowest BCUT2D eigenvalue weighted by atomic mass is 10.2. The van der Waals surface area contributed by atoms with E-state index in [9.17, 15) is 0 Å². The van der Waals surface area contributed by atoms with E-state index in [1.54, 1.807) is 13.1 Å². The van der Waals surface area contributed by atoms with Gasteiger partial charge in [-0.15, -0.1) is 0 Å². The van der Waals surface area contributed by atoms with Gasteiger partial charge in [0.1, 0.15) is 0 Å². The maximum absolute atomic E-state index is 9.06. The Morgan fingerprint density at radius 1 is 1.58 bits per heavy atom. The Kier molecular flexibility index (Phi) is 2.99. The van der Waals surface area contributed by atoms with Crippen molar-refractivity contribution in [2.75, 3.05) is 7.11 Å². The van der Waals surface area contributed by atoms with E-state index in [1.807, 2.05) is 0 Å². The standard InChI is InChI=1S/C8H12N2O2/c1-6(11)3-7-4-9-5-8(10-7)12-2/h4-6,11H,3H2,1-2H3. The van der Waals surface area contributed by atoms with Gasteiger partial charge >= 0.3 is 0 Å². The summed E-state index contributed by atoms with van der Waals surface area (Å²) in [6.45, 7) is 1.71. The van der Waals surface area contributed by atoms with Gasteiger partial charge in [-0.1, -0.05) is 0 Å².